The van der Waals surface area contributed by atoms with Crippen LogP contribution in [0, 0.1) is 0 Å². The molecular weight excluding hydrogens is 239 g/mol. The second kappa shape index (κ2) is 5.32. The van der Waals surface area contributed by atoms with Crippen molar-refractivity contribution in [1.29, 1.82) is 0 Å². The predicted molar refractivity (Wildman–Crippen MR) is 70.4 cm³/mol. The van der Waals surface area contributed by atoms with Crippen LogP contribution in [0.4, 0.5) is 10.1 Å². The highest BCUT2D eigenvalue weighted by Gasteiger charge is 2.00. The van der Waals surface area contributed by atoms with Gasteiger partial charge in [0.2, 0.25) is 0 Å². The van der Waals surface area contributed by atoms with Crippen LogP contribution in [0.2, 0.25) is 5.15 Å². The molecule has 0 aliphatic rings. The molecule has 0 aliphatic carbocycles. The highest BCUT2D eigenvalue weighted by molar-refractivity contribution is 6.30. The van der Waals surface area contributed by atoms with Crippen LogP contribution < -0.4 is 5.32 Å². The maximum atomic E-state index is 12.6. The van der Waals surface area contributed by atoms with E-state index in [1.54, 1.807) is 13.1 Å². The molecule has 0 fully saturated rings. The number of benzene rings is 1. The Balaban J connectivity index is 2.13. The second-order valence-electron chi connectivity index (χ2n) is 4.07. The Bertz CT molecular complexity index is 514. The Kier molecular flexibility index (Phi) is 3.79. The van der Waals surface area contributed by atoms with E-state index in [1.165, 1.54) is 0 Å². The molecule has 0 saturated carbocycles. The molecule has 1 unspecified atom stereocenters. The number of rotatable bonds is 4. The number of hydrogen-bond acceptors (Lipinski definition) is 2. The third-order valence-corrected chi connectivity index (χ3v) is 2.77. The molecule has 17 heavy (non-hydrogen) atoms. The van der Waals surface area contributed by atoms with Crippen LogP contribution in [0.3, 0.4) is 0 Å². The zero-order valence-corrected chi connectivity index (χ0v) is 10.3. The fourth-order valence-corrected chi connectivity index (χ4v) is 1.81. The molecule has 1 heterocycles. The number of anilines is 1. The maximum Gasteiger partial charge on any atom is 0.129 e. The van der Waals surface area contributed by atoms with Crippen molar-refractivity contribution in [2.45, 2.75) is 19.5 Å². The smallest absolute Gasteiger partial charge is 0.129 e. The molecule has 2 rings (SSSR count). The summed E-state index contributed by atoms with van der Waals surface area (Å²) in [4.78, 5) is 4.02. The number of alkyl halides is 1. The first-order valence-electron chi connectivity index (χ1n) is 5.58. The van der Waals surface area contributed by atoms with E-state index in [9.17, 15) is 4.39 Å². The van der Waals surface area contributed by atoms with Crippen molar-refractivity contribution in [1.82, 2.24) is 4.98 Å². The Morgan fingerprint density at radius 1 is 1.35 bits per heavy atom. The highest BCUT2D eigenvalue weighted by atomic mass is 35.5. The molecule has 1 aromatic heterocycles. The molecule has 1 N–H and O–H groups in total. The van der Waals surface area contributed by atoms with Crippen LogP contribution in [0.25, 0.3) is 10.8 Å². The van der Waals surface area contributed by atoms with Crippen molar-refractivity contribution in [2.75, 3.05) is 11.9 Å². The lowest BCUT2D eigenvalue weighted by Crippen LogP contribution is -2.06. The van der Waals surface area contributed by atoms with Crippen molar-refractivity contribution >= 4 is 28.1 Å². The van der Waals surface area contributed by atoms with Crippen LogP contribution in [0.1, 0.15) is 13.3 Å². The molecule has 0 bridgehead atoms. The summed E-state index contributed by atoms with van der Waals surface area (Å²) < 4.78 is 12.6. The van der Waals surface area contributed by atoms with Gasteiger partial charge in [-0.3, -0.25) is 0 Å². The zero-order chi connectivity index (χ0) is 12.3. The fourth-order valence-electron chi connectivity index (χ4n) is 1.64. The predicted octanol–water partition coefficient (Wildman–Crippen LogP) is 4.05. The van der Waals surface area contributed by atoms with Gasteiger partial charge in [-0.1, -0.05) is 17.7 Å². The van der Waals surface area contributed by atoms with Gasteiger partial charge in [-0.15, -0.1) is 0 Å². The van der Waals surface area contributed by atoms with Gasteiger partial charge in [0.25, 0.3) is 0 Å². The lowest BCUT2D eigenvalue weighted by atomic mass is 10.1. The standard InChI is InChI=1S/C13H14ClFN2/c1-9(15)4-5-16-12-3-2-10-8-17-13(14)7-11(10)6-12/h2-3,6-9,16H,4-5H2,1H3. The van der Waals surface area contributed by atoms with Gasteiger partial charge in [-0.25, -0.2) is 9.37 Å². The lowest BCUT2D eigenvalue weighted by molar-refractivity contribution is 0.348. The van der Waals surface area contributed by atoms with E-state index in [0.29, 0.717) is 18.1 Å². The molecular formula is C13H14ClFN2. The van der Waals surface area contributed by atoms with Crippen molar-refractivity contribution < 1.29 is 4.39 Å². The molecule has 0 saturated heterocycles. The van der Waals surface area contributed by atoms with E-state index in [1.807, 2.05) is 24.3 Å². The minimum atomic E-state index is -0.776. The second-order valence-corrected chi connectivity index (χ2v) is 4.45. The van der Waals surface area contributed by atoms with Gasteiger partial charge in [0.05, 0.1) is 6.17 Å². The van der Waals surface area contributed by atoms with Crippen molar-refractivity contribution in [2.24, 2.45) is 0 Å². The number of aromatic nitrogens is 1. The topological polar surface area (TPSA) is 24.9 Å². The largest absolute Gasteiger partial charge is 0.385 e. The van der Waals surface area contributed by atoms with Gasteiger partial charge in [-0.2, -0.15) is 0 Å². The van der Waals surface area contributed by atoms with Gasteiger partial charge < -0.3 is 5.32 Å². The molecule has 0 amide bonds. The SMILES string of the molecule is CC(F)CCNc1ccc2cnc(Cl)cc2c1. The Hall–Kier alpha value is -1.35. The summed E-state index contributed by atoms with van der Waals surface area (Å²) in [6.45, 7) is 2.19. The number of halogens is 2. The summed E-state index contributed by atoms with van der Waals surface area (Å²) in [5.74, 6) is 0. The molecule has 90 valence electrons. The number of nitrogens with zero attached hydrogens (tertiary/aromatic N) is 1. The van der Waals surface area contributed by atoms with Gasteiger partial charge in [0, 0.05) is 23.8 Å². The van der Waals surface area contributed by atoms with Gasteiger partial charge in [0.15, 0.2) is 0 Å². The molecule has 4 heteroatoms. The van der Waals surface area contributed by atoms with E-state index in [4.69, 9.17) is 11.6 Å². The van der Waals surface area contributed by atoms with Crippen molar-refractivity contribution in [3.8, 4) is 0 Å². The molecule has 1 aromatic carbocycles. The third kappa shape index (κ3) is 3.30. The zero-order valence-electron chi connectivity index (χ0n) is 9.58. The third-order valence-electron chi connectivity index (χ3n) is 2.56. The van der Waals surface area contributed by atoms with E-state index in [-0.39, 0.29) is 0 Å². The normalized spacial score (nSPS) is 12.6. The quantitative estimate of drug-likeness (QED) is 0.831. The van der Waals surface area contributed by atoms with Crippen LogP contribution in [-0.4, -0.2) is 17.7 Å². The first kappa shape index (κ1) is 12.1. The maximum absolute atomic E-state index is 12.6. The van der Waals surface area contributed by atoms with E-state index in [0.717, 1.165) is 16.5 Å². The van der Waals surface area contributed by atoms with Gasteiger partial charge in [0.1, 0.15) is 5.15 Å². The lowest BCUT2D eigenvalue weighted by Gasteiger charge is -2.08. The Morgan fingerprint density at radius 3 is 2.94 bits per heavy atom. The number of hydrogen-bond donors (Lipinski definition) is 1. The van der Waals surface area contributed by atoms with Gasteiger partial charge >= 0.3 is 0 Å². The summed E-state index contributed by atoms with van der Waals surface area (Å²) in [6.07, 6.45) is 1.47. The summed E-state index contributed by atoms with van der Waals surface area (Å²) in [7, 11) is 0. The van der Waals surface area contributed by atoms with Gasteiger partial charge in [-0.05, 0) is 36.9 Å². The van der Waals surface area contributed by atoms with Crippen LogP contribution in [-0.2, 0) is 0 Å². The fraction of sp³-hybridized carbons (Fsp3) is 0.308. The average molecular weight is 253 g/mol. The number of nitrogens with one attached hydrogen (secondary N) is 1. The molecule has 2 nitrogen and oxygen atoms in total. The van der Waals surface area contributed by atoms with E-state index >= 15 is 0 Å². The summed E-state index contributed by atoms with van der Waals surface area (Å²) >= 11 is 5.84. The molecule has 2 aromatic rings. The molecule has 1 atom stereocenters. The monoisotopic (exact) mass is 252 g/mol. The van der Waals surface area contributed by atoms with E-state index < -0.39 is 6.17 Å². The van der Waals surface area contributed by atoms with Crippen molar-refractivity contribution in [3.63, 3.8) is 0 Å². The van der Waals surface area contributed by atoms with E-state index in [2.05, 4.69) is 10.3 Å². The minimum Gasteiger partial charge on any atom is -0.385 e. The Morgan fingerprint density at radius 2 is 2.18 bits per heavy atom. The average Bonchev–Trinajstić information content (AvgIpc) is 2.28. The summed E-state index contributed by atoms with van der Waals surface area (Å²) in [6, 6.07) is 7.74. The van der Waals surface area contributed by atoms with Crippen LogP contribution in [0.15, 0.2) is 30.5 Å². The highest BCUT2D eigenvalue weighted by Crippen LogP contribution is 2.21. The first-order chi connectivity index (χ1) is 8.15. The Labute approximate surface area is 105 Å². The van der Waals surface area contributed by atoms with Crippen LogP contribution in [0.5, 0.6) is 0 Å². The number of pyridine rings is 1. The first-order valence-corrected chi connectivity index (χ1v) is 5.96. The minimum absolute atomic E-state index is 0.479. The summed E-state index contributed by atoms with van der Waals surface area (Å²) in [5, 5.41) is 5.73. The summed E-state index contributed by atoms with van der Waals surface area (Å²) in [5.41, 5.74) is 0.973. The molecule has 0 radical (unpaired) electrons. The molecule has 0 aliphatic heterocycles. The number of fused-ring (bicyclic) bond motifs is 1. The van der Waals surface area contributed by atoms with Crippen molar-refractivity contribution in [3.05, 3.63) is 35.6 Å². The molecule has 0 spiro atoms. The van der Waals surface area contributed by atoms with Crippen LogP contribution >= 0.6 is 11.6 Å².